The van der Waals surface area contributed by atoms with Crippen LogP contribution in [0.25, 0.3) is 21.8 Å². The molecule has 4 aromatic rings. The monoisotopic (exact) mass is 416 g/mol. The first-order chi connectivity index (χ1) is 14.7. The van der Waals surface area contributed by atoms with Crippen LogP contribution in [0.15, 0.2) is 59.2 Å². The summed E-state index contributed by atoms with van der Waals surface area (Å²) < 4.78 is 8.11. The largest absolute Gasteiger partial charge is 0.487 e. The maximum Gasteiger partial charge on any atom is 0.261 e. The van der Waals surface area contributed by atoms with Crippen molar-refractivity contribution in [3.63, 3.8) is 0 Å². The smallest absolute Gasteiger partial charge is 0.261 e. The summed E-state index contributed by atoms with van der Waals surface area (Å²) >= 11 is 1.48. The van der Waals surface area contributed by atoms with Crippen LogP contribution in [-0.2, 0) is 19.6 Å². The van der Waals surface area contributed by atoms with E-state index in [-0.39, 0.29) is 5.56 Å². The fraction of sp³-hybridized carbons (Fsp3) is 0.217. The van der Waals surface area contributed by atoms with E-state index in [1.165, 1.54) is 16.9 Å². The van der Waals surface area contributed by atoms with Gasteiger partial charge in [-0.15, -0.1) is 11.3 Å². The Kier molecular flexibility index (Phi) is 4.88. The fourth-order valence-corrected chi connectivity index (χ4v) is 4.61. The van der Waals surface area contributed by atoms with Crippen molar-refractivity contribution in [3.8, 4) is 27.6 Å². The highest BCUT2D eigenvalue weighted by Gasteiger charge is 2.24. The molecule has 7 heteroatoms. The maximum atomic E-state index is 13.5. The Morgan fingerprint density at radius 1 is 1.17 bits per heavy atom. The van der Waals surface area contributed by atoms with Crippen LogP contribution in [0, 0.1) is 6.92 Å². The molecule has 0 unspecified atom stereocenters. The van der Waals surface area contributed by atoms with Crippen LogP contribution < -0.4 is 10.3 Å². The third kappa shape index (κ3) is 3.41. The van der Waals surface area contributed by atoms with E-state index in [2.05, 4.69) is 15.0 Å². The molecule has 0 N–H and O–H groups in total. The van der Waals surface area contributed by atoms with Crippen LogP contribution in [0.2, 0.25) is 0 Å². The number of aryl methyl sites for hydroxylation is 2. The van der Waals surface area contributed by atoms with E-state index in [4.69, 9.17) is 4.74 Å². The molecule has 0 atom stereocenters. The van der Waals surface area contributed by atoms with Gasteiger partial charge in [-0.2, -0.15) is 0 Å². The van der Waals surface area contributed by atoms with Crippen molar-refractivity contribution in [2.45, 2.75) is 32.9 Å². The quantitative estimate of drug-likeness (QED) is 0.497. The Balaban J connectivity index is 1.70. The molecule has 0 aromatic carbocycles. The van der Waals surface area contributed by atoms with Crippen molar-refractivity contribution in [2.75, 3.05) is 0 Å². The molecule has 30 heavy (non-hydrogen) atoms. The van der Waals surface area contributed by atoms with Gasteiger partial charge >= 0.3 is 0 Å². The van der Waals surface area contributed by atoms with Crippen LogP contribution in [0.1, 0.15) is 23.2 Å². The Labute approximate surface area is 177 Å². The van der Waals surface area contributed by atoms with E-state index in [0.717, 1.165) is 40.4 Å². The zero-order valence-corrected chi connectivity index (χ0v) is 17.4. The molecule has 0 amide bonds. The third-order valence-corrected chi connectivity index (χ3v) is 6.21. The molecule has 5 heterocycles. The summed E-state index contributed by atoms with van der Waals surface area (Å²) in [5, 5.41) is 2.68. The van der Waals surface area contributed by atoms with Crippen molar-refractivity contribution in [2.24, 2.45) is 0 Å². The molecule has 0 aliphatic carbocycles. The van der Waals surface area contributed by atoms with E-state index in [1.54, 1.807) is 18.6 Å². The van der Waals surface area contributed by atoms with Gasteiger partial charge in [0.05, 0.1) is 11.3 Å². The number of hydrogen-bond acceptors (Lipinski definition) is 6. The predicted molar refractivity (Wildman–Crippen MR) is 117 cm³/mol. The van der Waals surface area contributed by atoms with Crippen LogP contribution in [0.3, 0.4) is 0 Å². The number of pyridine rings is 3. The average Bonchev–Trinajstić information content (AvgIpc) is 3.10. The maximum absolute atomic E-state index is 13.5. The van der Waals surface area contributed by atoms with Crippen LogP contribution in [-0.4, -0.2) is 19.5 Å². The molecule has 1 aliphatic rings. The molecule has 0 saturated heterocycles. The first-order valence-corrected chi connectivity index (χ1v) is 10.7. The lowest BCUT2D eigenvalue weighted by Gasteiger charge is -2.18. The standard InChI is InChI=1S/C23H20N4O2S/c1-15-14-30-22(26-15)18-10-20(29-13-16-4-2-7-24-11-16)21-19-12-25-8-6-17(19)5-3-9-27(21)23(18)28/h2,4,6-8,10-12,14H,3,5,9,13H2,1H3. The van der Waals surface area contributed by atoms with Gasteiger partial charge in [-0.05, 0) is 43.5 Å². The van der Waals surface area contributed by atoms with Crippen molar-refractivity contribution in [3.05, 3.63) is 81.6 Å². The highest BCUT2D eigenvalue weighted by atomic mass is 32.1. The Morgan fingerprint density at radius 3 is 2.87 bits per heavy atom. The summed E-state index contributed by atoms with van der Waals surface area (Å²) in [4.78, 5) is 26.5. The van der Waals surface area contributed by atoms with Crippen molar-refractivity contribution >= 4 is 11.3 Å². The van der Waals surface area contributed by atoms with Gasteiger partial charge in [-0.25, -0.2) is 4.98 Å². The molecule has 0 saturated carbocycles. The molecule has 0 radical (unpaired) electrons. The Bertz CT molecular complexity index is 1260. The minimum atomic E-state index is -0.0372. The SMILES string of the molecule is Cc1csc(-c2cc(OCc3cccnc3)c3n(c2=O)CCCc2ccncc2-3)n1. The number of thiazole rings is 1. The Morgan fingerprint density at radius 2 is 2.07 bits per heavy atom. The topological polar surface area (TPSA) is 69.9 Å². The number of rotatable bonds is 4. The molecule has 1 aliphatic heterocycles. The lowest BCUT2D eigenvalue weighted by atomic mass is 10.0. The molecule has 6 nitrogen and oxygen atoms in total. The highest BCUT2D eigenvalue weighted by molar-refractivity contribution is 7.13. The van der Waals surface area contributed by atoms with Gasteiger partial charge < -0.3 is 9.30 Å². The summed E-state index contributed by atoms with van der Waals surface area (Å²) in [7, 11) is 0. The summed E-state index contributed by atoms with van der Waals surface area (Å²) in [6.45, 7) is 2.93. The lowest BCUT2D eigenvalue weighted by Crippen LogP contribution is -2.24. The molecule has 0 spiro atoms. The summed E-state index contributed by atoms with van der Waals surface area (Å²) in [6, 6.07) is 7.72. The van der Waals surface area contributed by atoms with Crippen molar-refractivity contribution in [1.82, 2.24) is 19.5 Å². The normalized spacial score (nSPS) is 12.7. The zero-order chi connectivity index (χ0) is 20.5. The van der Waals surface area contributed by atoms with E-state index < -0.39 is 0 Å². The number of ether oxygens (including phenoxy) is 1. The van der Waals surface area contributed by atoms with E-state index >= 15 is 0 Å². The highest BCUT2D eigenvalue weighted by Crippen LogP contribution is 2.37. The van der Waals surface area contributed by atoms with Crippen LogP contribution in [0.5, 0.6) is 5.75 Å². The van der Waals surface area contributed by atoms with Gasteiger partial charge in [-0.1, -0.05) is 6.07 Å². The number of nitrogens with zero attached hydrogens (tertiary/aromatic N) is 4. The van der Waals surface area contributed by atoms with E-state index in [0.29, 0.717) is 24.5 Å². The van der Waals surface area contributed by atoms with Crippen molar-refractivity contribution in [1.29, 1.82) is 0 Å². The van der Waals surface area contributed by atoms with Gasteiger partial charge in [0.2, 0.25) is 0 Å². The second-order valence-corrected chi connectivity index (χ2v) is 8.17. The average molecular weight is 417 g/mol. The van der Waals surface area contributed by atoms with E-state index in [9.17, 15) is 4.79 Å². The molecular weight excluding hydrogens is 396 g/mol. The third-order valence-electron chi connectivity index (χ3n) is 5.22. The second-order valence-electron chi connectivity index (χ2n) is 7.31. The summed E-state index contributed by atoms with van der Waals surface area (Å²) in [6.07, 6.45) is 8.93. The number of hydrogen-bond donors (Lipinski definition) is 0. The van der Waals surface area contributed by atoms with Gasteiger partial charge in [0.15, 0.2) is 0 Å². The predicted octanol–water partition coefficient (Wildman–Crippen LogP) is 4.26. The van der Waals surface area contributed by atoms with Crippen molar-refractivity contribution < 1.29 is 4.74 Å². The summed E-state index contributed by atoms with van der Waals surface area (Å²) in [5.74, 6) is 0.664. The first kappa shape index (κ1) is 18.7. The van der Waals surface area contributed by atoms with Gasteiger partial charge in [0.1, 0.15) is 17.4 Å². The molecule has 0 bridgehead atoms. The van der Waals surface area contributed by atoms with Crippen LogP contribution in [0.4, 0.5) is 0 Å². The number of aromatic nitrogens is 4. The van der Waals surface area contributed by atoms with Gasteiger partial charge in [0, 0.05) is 53.5 Å². The zero-order valence-electron chi connectivity index (χ0n) is 16.5. The van der Waals surface area contributed by atoms with E-state index in [1.807, 2.05) is 47.3 Å². The molecule has 0 fully saturated rings. The lowest BCUT2D eigenvalue weighted by molar-refractivity contribution is 0.304. The van der Waals surface area contributed by atoms with Gasteiger partial charge in [-0.3, -0.25) is 14.8 Å². The molecular formula is C23H20N4O2S. The molecule has 4 aromatic heterocycles. The minimum Gasteiger partial charge on any atom is -0.487 e. The second kappa shape index (κ2) is 7.84. The fourth-order valence-electron chi connectivity index (χ4n) is 3.80. The summed E-state index contributed by atoms with van der Waals surface area (Å²) in [5.41, 5.74) is 5.34. The van der Waals surface area contributed by atoms with Gasteiger partial charge in [0.25, 0.3) is 5.56 Å². The minimum absolute atomic E-state index is 0.0372. The first-order valence-electron chi connectivity index (χ1n) is 9.86. The number of fused-ring (bicyclic) bond motifs is 3. The van der Waals surface area contributed by atoms with Crippen LogP contribution >= 0.6 is 11.3 Å². The Hall–Kier alpha value is -3.32. The molecule has 5 rings (SSSR count). The molecule has 150 valence electrons.